The second-order valence-corrected chi connectivity index (χ2v) is 5.79. The molecule has 4 nitrogen and oxygen atoms in total. The molecule has 1 aliphatic heterocycles. The van der Waals surface area contributed by atoms with E-state index in [2.05, 4.69) is 5.32 Å². The Bertz CT molecular complexity index is 294. The van der Waals surface area contributed by atoms with Crippen molar-refractivity contribution in [1.29, 1.82) is 0 Å². The average Bonchev–Trinajstić information content (AvgIpc) is 2.39. The van der Waals surface area contributed by atoms with Crippen LogP contribution in [0.1, 0.15) is 27.2 Å². The van der Waals surface area contributed by atoms with E-state index in [-0.39, 0.29) is 29.8 Å². The molecule has 0 aromatic carbocycles. The summed E-state index contributed by atoms with van der Waals surface area (Å²) in [5, 5.41) is 2.82. The van der Waals surface area contributed by atoms with Gasteiger partial charge in [-0.15, -0.1) is 0 Å². The maximum atomic E-state index is 12.4. The first-order valence-electron chi connectivity index (χ1n) is 6.06. The predicted molar refractivity (Wildman–Crippen MR) is 70.9 cm³/mol. The number of carbonyl (C=O) groups excluding carboxylic acids is 2. The maximum Gasteiger partial charge on any atom is 0.245 e. The van der Waals surface area contributed by atoms with Crippen LogP contribution >= 0.6 is 11.8 Å². The Labute approximate surface area is 108 Å². The highest BCUT2D eigenvalue weighted by Gasteiger charge is 2.33. The summed E-state index contributed by atoms with van der Waals surface area (Å²) in [6, 6.07) is -0.180. The van der Waals surface area contributed by atoms with Crippen molar-refractivity contribution in [2.24, 2.45) is 5.92 Å². The van der Waals surface area contributed by atoms with Crippen LogP contribution in [-0.4, -0.2) is 47.4 Å². The molecule has 5 heteroatoms. The molecule has 17 heavy (non-hydrogen) atoms. The van der Waals surface area contributed by atoms with Crippen molar-refractivity contribution in [1.82, 2.24) is 10.2 Å². The molecule has 0 radical (unpaired) electrons. The van der Waals surface area contributed by atoms with Gasteiger partial charge in [-0.25, -0.2) is 0 Å². The molecule has 1 aliphatic rings. The minimum absolute atomic E-state index is 0.0177. The second kappa shape index (κ2) is 6.28. The Morgan fingerprint density at radius 2 is 2.06 bits per heavy atom. The van der Waals surface area contributed by atoms with Crippen molar-refractivity contribution < 1.29 is 9.59 Å². The summed E-state index contributed by atoms with van der Waals surface area (Å²) in [6.07, 6.45) is 2.44. The van der Waals surface area contributed by atoms with E-state index < -0.39 is 0 Å². The fraction of sp³-hybridized carbons (Fsp3) is 0.833. The van der Waals surface area contributed by atoms with E-state index in [0.717, 1.165) is 5.75 Å². The van der Waals surface area contributed by atoms with Crippen molar-refractivity contribution in [2.45, 2.75) is 39.3 Å². The monoisotopic (exact) mass is 258 g/mol. The fourth-order valence-corrected chi connectivity index (χ4v) is 2.70. The summed E-state index contributed by atoms with van der Waals surface area (Å²) < 4.78 is 0. The minimum atomic E-state index is -0.366. The van der Waals surface area contributed by atoms with E-state index >= 15 is 0 Å². The summed E-state index contributed by atoms with van der Waals surface area (Å²) in [4.78, 5) is 25.8. The SMILES string of the molecule is CSCC(C)N1CCC(=O)NC(C(C)C)C1=O. The summed E-state index contributed by atoms with van der Waals surface area (Å²) in [5.41, 5.74) is 0. The maximum absolute atomic E-state index is 12.4. The zero-order chi connectivity index (χ0) is 13.0. The van der Waals surface area contributed by atoms with Gasteiger partial charge in [-0.05, 0) is 19.1 Å². The number of hydrogen-bond acceptors (Lipinski definition) is 3. The zero-order valence-corrected chi connectivity index (χ0v) is 11.8. The molecule has 0 spiro atoms. The van der Waals surface area contributed by atoms with Crippen molar-refractivity contribution >= 4 is 23.6 Å². The van der Waals surface area contributed by atoms with Crippen LogP contribution in [0.5, 0.6) is 0 Å². The lowest BCUT2D eigenvalue weighted by atomic mass is 10.0. The summed E-state index contributed by atoms with van der Waals surface area (Å²) in [5.74, 6) is 1.09. The fourth-order valence-electron chi connectivity index (χ4n) is 2.04. The van der Waals surface area contributed by atoms with Crippen molar-refractivity contribution in [2.75, 3.05) is 18.6 Å². The summed E-state index contributed by atoms with van der Waals surface area (Å²) in [7, 11) is 0. The van der Waals surface area contributed by atoms with Crippen LogP contribution in [0.4, 0.5) is 0 Å². The van der Waals surface area contributed by atoms with E-state index in [1.807, 2.05) is 31.9 Å². The number of hydrogen-bond donors (Lipinski definition) is 1. The largest absolute Gasteiger partial charge is 0.344 e. The van der Waals surface area contributed by atoms with Crippen LogP contribution in [0.25, 0.3) is 0 Å². The predicted octanol–water partition coefficient (Wildman–Crippen LogP) is 1.11. The molecule has 2 unspecified atom stereocenters. The third-order valence-corrected chi connectivity index (χ3v) is 3.87. The van der Waals surface area contributed by atoms with Crippen LogP contribution in [-0.2, 0) is 9.59 Å². The van der Waals surface area contributed by atoms with Crippen molar-refractivity contribution in [3.63, 3.8) is 0 Å². The number of carbonyl (C=O) groups is 2. The molecule has 2 atom stereocenters. The molecule has 1 fully saturated rings. The average molecular weight is 258 g/mol. The Hall–Kier alpha value is -0.710. The van der Waals surface area contributed by atoms with Crippen LogP contribution < -0.4 is 5.32 Å². The molecule has 0 aromatic heterocycles. The molecule has 2 amide bonds. The number of thioether (sulfide) groups is 1. The van der Waals surface area contributed by atoms with Gasteiger partial charge in [-0.1, -0.05) is 13.8 Å². The molecule has 1 saturated heterocycles. The molecule has 0 saturated carbocycles. The first-order chi connectivity index (χ1) is 7.97. The lowest BCUT2D eigenvalue weighted by molar-refractivity contribution is -0.136. The normalized spacial score (nSPS) is 23.6. The molecule has 0 bridgehead atoms. The van der Waals surface area contributed by atoms with Gasteiger partial charge in [0.15, 0.2) is 0 Å². The van der Waals surface area contributed by atoms with Gasteiger partial charge in [0.05, 0.1) is 0 Å². The Balaban J connectivity index is 2.83. The number of nitrogens with zero attached hydrogens (tertiary/aromatic N) is 1. The standard InChI is InChI=1S/C12H22N2O2S/c1-8(2)11-12(16)14(9(3)7-17-4)6-5-10(15)13-11/h8-9,11H,5-7H2,1-4H3,(H,13,15). The van der Waals surface area contributed by atoms with E-state index in [1.165, 1.54) is 0 Å². The highest BCUT2D eigenvalue weighted by Crippen LogP contribution is 2.15. The molecular formula is C12H22N2O2S. The second-order valence-electron chi connectivity index (χ2n) is 4.88. The summed E-state index contributed by atoms with van der Waals surface area (Å²) >= 11 is 1.72. The molecule has 98 valence electrons. The van der Waals surface area contributed by atoms with Gasteiger partial charge in [0.2, 0.25) is 11.8 Å². The Morgan fingerprint density at radius 3 is 2.59 bits per heavy atom. The van der Waals surface area contributed by atoms with E-state index in [0.29, 0.717) is 13.0 Å². The highest BCUT2D eigenvalue weighted by atomic mass is 32.2. The molecular weight excluding hydrogens is 236 g/mol. The molecule has 1 heterocycles. The lowest BCUT2D eigenvalue weighted by Gasteiger charge is -2.30. The topological polar surface area (TPSA) is 49.4 Å². The van der Waals surface area contributed by atoms with Crippen molar-refractivity contribution in [3.05, 3.63) is 0 Å². The third-order valence-electron chi connectivity index (χ3n) is 3.05. The third kappa shape index (κ3) is 3.63. The first kappa shape index (κ1) is 14.4. The van der Waals surface area contributed by atoms with Crippen LogP contribution in [0.2, 0.25) is 0 Å². The van der Waals surface area contributed by atoms with E-state index in [4.69, 9.17) is 0 Å². The molecule has 1 N–H and O–H groups in total. The summed E-state index contributed by atoms with van der Waals surface area (Å²) in [6.45, 7) is 6.51. The van der Waals surface area contributed by atoms with E-state index in [9.17, 15) is 9.59 Å². The Morgan fingerprint density at radius 1 is 1.41 bits per heavy atom. The molecule has 0 aromatic rings. The number of rotatable bonds is 4. The van der Waals surface area contributed by atoms with Gasteiger partial charge in [-0.3, -0.25) is 9.59 Å². The quantitative estimate of drug-likeness (QED) is 0.822. The highest BCUT2D eigenvalue weighted by molar-refractivity contribution is 7.98. The van der Waals surface area contributed by atoms with Crippen LogP contribution in [0.3, 0.4) is 0 Å². The first-order valence-corrected chi connectivity index (χ1v) is 7.45. The minimum Gasteiger partial charge on any atom is -0.344 e. The lowest BCUT2D eigenvalue weighted by Crippen LogP contribution is -2.50. The molecule has 0 aliphatic carbocycles. The number of amides is 2. The van der Waals surface area contributed by atoms with Crippen molar-refractivity contribution in [3.8, 4) is 0 Å². The van der Waals surface area contributed by atoms with Gasteiger partial charge in [0.25, 0.3) is 0 Å². The van der Waals surface area contributed by atoms with Crippen LogP contribution in [0.15, 0.2) is 0 Å². The number of nitrogens with one attached hydrogen (secondary N) is 1. The van der Waals surface area contributed by atoms with Gasteiger partial charge >= 0.3 is 0 Å². The van der Waals surface area contributed by atoms with Crippen LogP contribution in [0, 0.1) is 5.92 Å². The van der Waals surface area contributed by atoms with Gasteiger partial charge in [0.1, 0.15) is 6.04 Å². The molecule has 1 rings (SSSR count). The van der Waals surface area contributed by atoms with Gasteiger partial charge in [-0.2, -0.15) is 11.8 Å². The zero-order valence-electron chi connectivity index (χ0n) is 11.0. The van der Waals surface area contributed by atoms with E-state index in [1.54, 1.807) is 11.8 Å². The van der Waals surface area contributed by atoms with Gasteiger partial charge in [0, 0.05) is 24.8 Å². The van der Waals surface area contributed by atoms with Gasteiger partial charge < -0.3 is 10.2 Å². The Kier molecular flexibility index (Phi) is 5.31. The smallest absolute Gasteiger partial charge is 0.245 e.